The summed E-state index contributed by atoms with van der Waals surface area (Å²) in [6.07, 6.45) is 6.75. The zero-order chi connectivity index (χ0) is 31.1. The Balaban J connectivity index is 1.14. The SMILES string of the molecule is [3H]CC1(COP(OCC[N+]#[C-])N(C(C)C)C(C)C)CCN(C(=O)COCCCON2C(=O)C3C4C=CC(C4)C3C2=O)CC1. The molecule has 1 saturated carbocycles. The first-order valence-electron chi connectivity index (χ1n) is 15.8. The molecule has 4 rings (SSSR count). The molecular formula is C30H47N4O7P. The van der Waals surface area contributed by atoms with Gasteiger partial charge in [0, 0.05) is 33.2 Å². The molecule has 4 aliphatic rings. The van der Waals surface area contributed by atoms with Crippen molar-refractivity contribution < 1.29 is 34.4 Å². The van der Waals surface area contributed by atoms with E-state index in [4.69, 9.17) is 26.6 Å². The molecule has 12 heteroatoms. The van der Waals surface area contributed by atoms with E-state index < -0.39 is 8.53 Å². The van der Waals surface area contributed by atoms with Crippen molar-refractivity contribution in [1.29, 1.82) is 0 Å². The van der Waals surface area contributed by atoms with Crippen molar-refractivity contribution in [3.63, 3.8) is 0 Å². The Labute approximate surface area is 253 Å². The highest BCUT2D eigenvalue weighted by Crippen LogP contribution is 2.52. The fourth-order valence-corrected chi connectivity index (χ4v) is 8.16. The Morgan fingerprint density at radius 3 is 2.31 bits per heavy atom. The van der Waals surface area contributed by atoms with Crippen molar-refractivity contribution in [1.82, 2.24) is 14.6 Å². The average Bonchev–Trinajstić information content (AvgIpc) is 3.67. The number of piperidine rings is 1. The third-order valence-corrected chi connectivity index (χ3v) is 10.7. The Kier molecular flexibility index (Phi) is 11.0. The van der Waals surface area contributed by atoms with Crippen LogP contribution in [0.3, 0.4) is 0 Å². The molecule has 0 spiro atoms. The minimum atomic E-state index is -1.37. The lowest BCUT2D eigenvalue weighted by atomic mass is 9.81. The molecule has 0 N–H and O–H groups in total. The van der Waals surface area contributed by atoms with Crippen molar-refractivity contribution in [2.75, 3.05) is 52.7 Å². The van der Waals surface area contributed by atoms with Crippen LogP contribution in [0.25, 0.3) is 4.85 Å². The molecular weight excluding hydrogens is 559 g/mol. The van der Waals surface area contributed by atoms with Gasteiger partial charge in [-0.15, -0.1) is 0 Å². The minimum Gasteiger partial charge on any atom is -0.372 e. The maximum absolute atomic E-state index is 12.8. The van der Waals surface area contributed by atoms with E-state index >= 15 is 0 Å². The van der Waals surface area contributed by atoms with Crippen LogP contribution in [0, 0.1) is 35.7 Å². The number of rotatable bonds is 16. The fraction of sp³-hybridized carbons (Fsp3) is 0.800. The van der Waals surface area contributed by atoms with E-state index in [1.54, 1.807) is 4.90 Å². The standard InChI is InChI=1S/C30H47N4O7P/c1-21(2)34(22(3)4)42(40-17-12-31-6)41-20-30(5)10-13-32(14-11-30)25(35)19-38-15-7-16-39-33-28(36)26-23-8-9-24(18-23)27(26)29(33)37/h8-9,21-24,26-27H,7,10-20H2,1-5H3/i5T. The molecule has 11 nitrogen and oxygen atoms in total. The molecule has 0 aromatic rings. The first kappa shape index (κ1) is 31.5. The van der Waals surface area contributed by atoms with E-state index in [2.05, 4.69) is 49.4 Å². The van der Waals surface area contributed by atoms with E-state index in [9.17, 15) is 14.4 Å². The molecule has 3 fully saturated rings. The predicted octanol–water partition coefficient (Wildman–Crippen LogP) is 4.06. The minimum absolute atomic E-state index is 0.0525. The first-order valence-corrected chi connectivity index (χ1v) is 16.3. The quantitative estimate of drug-likeness (QED) is 0.0851. The summed E-state index contributed by atoms with van der Waals surface area (Å²) in [5, 5.41) is 0.953. The van der Waals surface area contributed by atoms with E-state index in [0.717, 1.165) is 11.5 Å². The number of hydrogen-bond donors (Lipinski definition) is 0. The van der Waals surface area contributed by atoms with Crippen molar-refractivity contribution in [3.8, 4) is 0 Å². The second kappa shape index (κ2) is 14.7. The molecule has 2 aliphatic heterocycles. The van der Waals surface area contributed by atoms with E-state index in [-0.39, 0.29) is 92.2 Å². The normalized spacial score (nSPS) is 27.3. The van der Waals surface area contributed by atoms with Gasteiger partial charge in [0.15, 0.2) is 0 Å². The number of likely N-dealkylation sites (tertiary alicyclic amines) is 1. The number of ether oxygens (including phenoxy) is 1. The molecule has 0 radical (unpaired) electrons. The van der Waals surface area contributed by atoms with E-state index in [1.807, 2.05) is 0 Å². The van der Waals surface area contributed by atoms with Gasteiger partial charge < -0.3 is 23.5 Å². The van der Waals surface area contributed by atoms with Crippen molar-refractivity contribution in [2.24, 2.45) is 29.1 Å². The Bertz CT molecular complexity index is 1020. The molecule has 0 aromatic carbocycles. The summed E-state index contributed by atoms with van der Waals surface area (Å²) in [5.41, 5.74) is -0.364. The van der Waals surface area contributed by atoms with Gasteiger partial charge in [-0.3, -0.25) is 19.2 Å². The van der Waals surface area contributed by atoms with Crippen LogP contribution in [0.5, 0.6) is 0 Å². The van der Waals surface area contributed by atoms with Crippen LogP contribution in [-0.2, 0) is 33.0 Å². The summed E-state index contributed by atoms with van der Waals surface area (Å²) in [6.45, 7) is 18.0. The largest absolute Gasteiger partial charge is 0.372 e. The number of fused-ring (bicyclic) bond motifs is 5. The first-order chi connectivity index (χ1) is 20.6. The van der Waals surface area contributed by atoms with Crippen molar-refractivity contribution >= 4 is 26.2 Å². The Morgan fingerprint density at radius 2 is 1.74 bits per heavy atom. The average molecular weight is 609 g/mol. The maximum atomic E-state index is 12.8. The third-order valence-electron chi connectivity index (χ3n) is 8.62. The highest BCUT2D eigenvalue weighted by molar-refractivity contribution is 7.44. The maximum Gasteiger partial charge on any atom is 0.259 e. The van der Waals surface area contributed by atoms with Crippen LogP contribution in [-0.4, -0.2) is 97.1 Å². The lowest BCUT2D eigenvalue weighted by Gasteiger charge is -2.41. The molecule has 234 valence electrons. The third kappa shape index (κ3) is 7.58. The zero-order valence-electron chi connectivity index (χ0n) is 26.4. The van der Waals surface area contributed by atoms with Gasteiger partial charge >= 0.3 is 0 Å². The van der Waals surface area contributed by atoms with Crippen LogP contribution in [0.4, 0.5) is 0 Å². The van der Waals surface area contributed by atoms with Gasteiger partial charge in [0.1, 0.15) is 13.2 Å². The van der Waals surface area contributed by atoms with E-state index in [1.165, 1.54) is 0 Å². The predicted molar refractivity (Wildman–Crippen MR) is 157 cm³/mol. The molecule has 5 unspecified atom stereocenters. The summed E-state index contributed by atoms with van der Waals surface area (Å²) in [7, 11) is -1.37. The summed E-state index contributed by atoms with van der Waals surface area (Å²) in [6, 6.07) is 0.407. The molecule has 2 bridgehead atoms. The summed E-state index contributed by atoms with van der Waals surface area (Å²) in [4.78, 5) is 48.8. The number of nitrogens with zero attached hydrogens (tertiary/aromatic N) is 4. The lowest BCUT2D eigenvalue weighted by Crippen LogP contribution is -2.45. The smallest absolute Gasteiger partial charge is 0.259 e. The van der Waals surface area contributed by atoms with Gasteiger partial charge in [0.25, 0.3) is 20.3 Å². The number of imide groups is 1. The zero-order valence-corrected chi connectivity index (χ0v) is 26.3. The molecule has 3 amide bonds. The fourth-order valence-electron chi connectivity index (χ4n) is 6.45. The van der Waals surface area contributed by atoms with Crippen molar-refractivity contribution in [3.05, 3.63) is 23.6 Å². The van der Waals surface area contributed by atoms with Crippen molar-refractivity contribution in [2.45, 2.75) is 72.4 Å². The van der Waals surface area contributed by atoms with Gasteiger partial charge in [-0.1, -0.05) is 19.1 Å². The number of carbonyl (C=O) groups excluding carboxylic acids is 3. The van der Waals surface area contributed by atoms with Crippen LogP contribution >= 0.6 is 8.53 Å². The number of hydroxylamine groups is 2. The number of allylic oxidation sites excluding steroid dienone is 2. The molecule has 5 atom stereocenters. The van der Waals surface area contributed by atoms with Gasteiger partial charge in [-0.25, -0.2) is 11.2 Å². The Hall–Kier alpha value is -1.93. The highest BCUT2D eigenvalue weighted by Gasteiger charge is 2.60. The topological polar surface area (TPSA) is 102 Å². The van der Waals surface area contributed by atoms with Gasteiger partial charge in [-0.2, -0.15) is 5.06 Å². The van der Waals surface area contributed by atoms with Gasteiger partial charge in [0.05, 0.1) is 25.0 Å². The highest BCUT2D eigenvalue weighted by atomic mass is 31.2. The molecule has 2 heterocycles. The monoisotopic (exact) mass is 608 g/mol. The van der Waals surface area contributed by atoms with Crippen LogP contribution in [0.15, 0.2) is 12.2 Å². The van der Waals surface area contributed by atoms with Gasteiger partial charge in [0.2, 0.25) is 12.5 Å². The molecule has 0 aromatic heterocycles. The summed E-state index contributed by atoms with van der Waals surface area (Å²) < 4.78 is 28.4. The second-order valence-corrected chi connectivity index (χ2v) is 13.8. The molecule has 42 heavy (non-hydrogen) atoms. The summed E-state index contributed by atoms with van der Waals surface area (Å²) >= 11 is 0. The van der Waals surface area contributed by atoms with Crippen LogP contribution in [0.2, 0.25) is 0 Å². The van der Waals surface area contributed by atoms with Gasteiger partial charge in [-0.05, 0) is 70.6 Å². The molecule has 2 saturated heterocycles. The Morgan fingerprint density at radius 1 is 1.10 bits per heavy atom. The number of hydrogen-bond acceptors (Lipinski definition) is 8. The van der Waals surface area contributed by atoms with E-state index in [0.29, 0.717) is 45.6 Å². The summed E-state index contributed by atoms with van der Waals surface area (Å²) in [5.74, 6) is -0.819. The second-order valence-electron chi connectivity index (χ2n) is 12.4. The lowest BCUT2D eigenvalue weighted by molar-refractivity contribution is -0.191. The number of amides is 3. The molecule has 2 aliphatic carbocycles. The van der Waals surface area contributed by atoms with Crippen LogP contribution in [0.1, 0.15) is 61.6 Å². The van der Waals surface area contributed by atoms with Crippen LogP contribution < -0.4 is 0 Å². The number of carbonyl (C=O) groups is 3.